The van der Waals surface area contributed by atoms with E-state index in [1.807, 2.05) is 13.1 Å². The van der Waals surface area contributed by atoms with Gasteiger partial charge in [-0.15, -0.1) is 0 Å². The number of piperidine rings is 1. The van der Waals surface area contributed by atoms with Gasteiger partial charge in [0.05, 0.1) is 5.56 Å². The zero-order valence-electron chi connectivity index (χ0n) is 14.5. The fourth-order valence-corrected chi connectivity index (χ4v) is 5.21. The van der Waals surface area contributed by atoms with Crippen molar-refractivity contribution in [2.75, 3.05) is 46.3 Å². The zero-order chi connectivity index (χ0) is 18.0. The molecule has 1 aromatic carbocycles. The van der Waals surface area contributed by atoms with Gasteiger partial charge in [0.2, 0.25) is 0 Å². The summed E-state index contributed by atoms with van der Waals surface area (Å²) in [5.41, 5.74) is 1.15. The molecule has 3 rings (SSSR count). The second-order valence-corrected chi connectivity index (χ2v) is 8.77. The van der Waals surface area contributed by atoms with Crippen LogP contribution in [0.15, 0.2) is 24.3 Å². The lowest BCUT2D eigenvalue weighted by Gasteiger charge is -2.38. The Balaban J connectivity index is 1.74. The van der Waals surface area contributed by atoms with Gasteiger partial charge in [-0.05, 0) is 43.5 Å². The molecule has 25 heavy (non-hydrogen) atoms. The van der Waals surface area contributed by atoms with Crippen LogP contribution in [0, 0.1) is 0 Å². The molecule has 0 unspecified atom stereocenters. The van der Waals surface area contributed by atoms with Crippen LogP contribution in [0.4, 0.5) is 0 Å². The molecule has 0 spiro atoms. The molecule has 2 aliphatic heterocycles. The van der Waals surface area contributed by atoms with Crippen LogP contribution in [0.1, 0.15) is 34.7 Å². The van der Waals surface area contributed by atoms with Gasteiger partial charge in [-0.25, -0.2) is 4.79 Å². The largest absolute Gasteiger partial charge is 0.478 e. The van der Waals surface area contributed by atoms with E-state index in [1.165, 1.54) is 0 Å². The van der Waals surface area contributed by atoms with Gasteiger partial charge < -0.3 is 10.0 Å². The maximum absolute atomic E-state index is 12.9. The lowest BCUT2D eigenvalue weighted by molar-refractivity contribution is 0.0696. The van der Waals surface area contributed by atoms with Crippen LogP contribution in [0.3, 0.4) is 0 Å². The molecule has 0 amide bonds. The lowest BCUT2D eigenvalue weighted by Crippen LogP contribution is -2.53. The minimum absolute atomic E-state index is 0.0373. The molecule has 138 valence electrons. The molecule has 1 atom stereocenters. The summed E-state index contributed by atoms with van der Waals surface area (Å²) in [6, 6.07) is 6.85. The molecule has 0 saturated carbocycles. The van der Waals surface area contributed by atoms with Gasteiger partial charge in [0.25, 0.3) is 10.2 Å². The van der Waals surface area contributed by atoms with Gasteiger partial charge in [-0.3, -0.25) is 0 Å². The van der Waals surface area contributed by atoms with Crippen molar-refractivity contribution in [1.82, 2.24) is 13.5 Å². The molecule has 8 heteroatoms. The van der Waals surface area contributed by atoms with Crippen LogP contribution >= 0.6 is 0 Å². The van der Waals surface area contributed by atoms with E-state index in [1.54, 1.807) is 26.8 Å². The third-order valence-corrected chi connectivity index (χ3v) is 7.11. The first-order chi connectivity index (χ1) is 11.9. The average molecular weight is 367 g/mol. The maximum Gasteiger partial charge on any atom is 0.335 e. The van der Waals surface area contributed by atoms with Crippen molar-refractivity contribution < 1.29 is 18.3 Å². The summed E-state index contributed by atoms with van der Waals surface area (Å²) in [6.45, 7) is 3.48. The molecular formula is C17H25N3O4S. The SMILES string of the molecule is CN1CCN(S(=O)(=O)N2CCC[C@@H](c3cccc(C(=O)O)c3)C2)CC1. The van der Waals surface area contributed by atoms with Crippen molar-refractivity contribution in [1.29, 1.82) is 0 Å². The number of rotatable bonds is 4. The Morgan fingerprint density at radius 1 is 1.12 bits per heavy atom. The van der Waals surface area contributed by atoms with Crippen molar-refractivity contribution >= 4 is 16.2 Å². The van der Waals surface area contributed by atoms with Crippen LogP contribution in [0.25, 0.3) is 0 Å². The molecule has 0 aromatic heterocycles. The highest BCUT2D eigenvalue weighted by Gasteiger charge is 2.35. The number of aromatic carboxylic acids is 1. The van der Waals surface area contributed by atoms with E-state index in [-0.39, 0.29) is 11.5 Å². The maximum atomic E-state index is 12.9. The number of benzene rings is 1. The van der Waals surface area contributed by atoms with Gasteiger partial charge in [0.15, 0.2) is 0 Å². The number of carbonyl (C=O) groups is 1. The summed E-state index contributed by atoms with van der Waals surface area (Å²) in [7, 11) is -1.46. The minimum Gasteiger partial charge on any atom is -0.478 e. The predicted octanol–water partition coefficient (Wildman–Crippen LogP) is 1.06. The third kappa shape index (κ3) is 4.03. The van der Waals surface area contributed by atoms with Crippen LogP contribution in [0.5, 0.6) is 0 Å². The Bertz CT molecular complexity index is 729. The second-order valence-electron chi connectivity index (χ2n) is 6.84. The third-order valence-electron chi connectivity index (χ3n) is 5.10. The van der Waals surface area contributed by atoms with Crippen molar-refractivity contribution in [2.45, 2.75) is 18.8 Å². The van der Waals surface area contributed by atoms with Gasteiger partial charge in [0.1, 0.15) is 0 Å². The first-order valence-electron chi connectivity index (χ1n) is 8.65. The fourth-order valence-electron chi connectivity index (χ4n) is 3.53. The zero-order valence-corrected chi connectivity index (χ0v) is 15.3. The van der Waals surface area contributed by atoms with Gasteiger partial charge in [-0.2, -0.15) is 17.0 Å². The van der Waals surface area contributed by atoms with Crippen LogP contribution in [0.2, 0.25) is 0 Å². The van der Waals surface area contributed by atoms with E-state index < -0.39 is 16.2 Å². The summed E-state index contributed by atoms with van der Waals surface area (Å²) in [6.07, 6.45) is 1.66. The number of hydrogen-bond donors (Lipinski definition) is 1. The number of hydrogen-bond acceptors (Lipinski definition) is 4. The van der Waals surface area contributed by atoms with E-state index >= 15 is 0 Å². The number of likely N-dealkylation sites (N-methyl/N-ethyl adjacent to an activating group) is 1. The Hall–Kier alpha value is -1.48. The van der Waals surface area contributed by atoms with Gasteiger partial charge in [-0.1, -0.05) is 12.1 Å². The standard InChI is InChI=1S/C17H25N3O4S/c1-18-8-10-19(11-9-18)25(23,24)20-7-3-6-16(13-20)14-4-2-5-15(12-14)17(21)22/h2,4-5,12,16H,3,6-11,13H2,1H3,(H,21,22)/t16-/m1/s1. The molecule has 0 bridgehead atoms. The van der Waals surface area contributed by atoms with Crippen molar-refractivity contribution in [3.8, 4) is 0 Å². The van der Waals surface area contributed by atoms with Crippen LogP contribution < -0.4 is 0 Å². The van der Waals surface area contributed by atoms with Gasteiger partial charge >= 0.3 is 5.97 Å². The number of carboxylic acids is 1. The topological polar surface area (TPSA) is 81.2 Å². The molecule has 0 radical (unpaired) electrons. The number of carboxylic acid groups (broad SMARTS) is 1. The molecular weight excluding hydrogens is 342 g/mol. The smallest absolute Gasteiger partial charge is 0.335 e. The van der Waals surface area contributed by atoms with Crippen molar-refractivity contribution in [3.63, 3.8) is 0 Å². The monoisotopic (exact) mass is 367 g/mol. The molecule has 2 fully saturated rings. The molecule has 7 nitrogen and oxygen atoms in total. The molecule has 1 aromatic rings. The van der Waals surface area contributed by atoms with E-state index in [0.29, 0.717) is 26.2 Å². The quantitative estimate of drug-likeness (QED) is 0.861. The molecule has 0 aliphatic carbocycles. The second kappa shape index (κ2) is 7.41. The first-order valence-corrected chi connectivity index (χ1v) is 10.0. The summed E-state index contributed by atoms with van der Waals surface area (Å²) >= 11 is 0. The van der Waals surface area contributed by atoms with Crippen molar-refractivity contribution in [2.24, 2.45) is 0 Å². The average Bonchev–Trinajstić information content (AvgIpc) is 2.62. The van der Waals surface area contributed by atoms with E-state index in [4.69, 9.17) is 5.11 Å². The van der Waals surface area contributed by atoms with E-state index in [2.05, 4.69) is 4.90 Å². The highest BCUT2D eigenvalue weighted by Crippen LogP contribution is 2.29. The molecule has 2 saturated heterocycles. The Kier molecular flexibility index (Phi) is 5.43. The summed E-state index contributed by atoms with van der Waals surface area (Å²) in [5.74, 6) is -0.921. The Morgan fingerprint density at radius 3 is 2.52 bits per heavy atom. The molecule has 2 heterocycles. The van der Waals surface area contributed by atoms with E-state index in [0.717, 1.165) is 31.5 Å². The van der Waals surface area contributed by atoms with Crippen LogP contribution in [-0.2, 0) is 10.2 Å². The van der Waals surface area contributed by atoms with Crippen molar-refractivity contribution in [3.05, 3.63) is 35.4 Å². The van der Waals surface area contributed by atoms with Gasteiger partial charge in [0, 0.05) is 39.3 Å². The highest BCUT2D eigenvalue weighted by atomic mass is 32.2. The number of nitrogens with zero attached hydrogens (tertiary/aromatic N) is 3. The van der Waals surface area contributed by atoms with E-state index in [9.17, 15) is 13.2 Å². The Labute approximate surface area is 149 Å². The first kappa shape index (κ1) is 18.3. The highest BCUT2D eigenvalue weighted by molar-refractivity contribution is 7.86. The summed E-state index contributed by atoms with van der Waals surface area (Å²) in [4.78, 5) is 13.3. The Morgan fingerprint density at radius 2 is 1.84 bits per heavy atom. The predicted molar refractivity (Wildman–Crippen MR) is 94.9 cm³/mol. The molecule has 1 N–H and O–H groups in total. The van der Waals surface area contributed by atoms with Crippen LogP contribution in [-0.4, -0.2) is 79.3 Å². The summed E-state index contributed by atoms with van der Waals surface area (Å²) in [5, 5.41) is 9.16. The molecule has 2 aliphatic rings. The normalized spacial score (nSPS) is 24.3. The number of piperazine rings is 1. The lowest BCUT2D eigenvalue weighted by atomic mass is 9.91. The fraction of sp³-hybridized carbons (Fsp3) is 0.588. The summed E-state index contributed by atoms with van der Waals surface area (Å²) < 4.78 is 29.0. The minimum atomic E-state index is -3.45.